The van der Waals surface area contributed by atoms with Crippen LogP contribution < -0.4 is 15.8 Å². The number of rotatable bonds is 3. The molecule has 0 saturated carbocycles. The maximum absolute atomic E-state index is 5.51. The van der Waals surface area contributed by atoms with Gasteiger partial charge in [-0.05, 0) is 6.07 Å². The number of ether oxygens (including phenoxy) is 1. The average Bonchev–Trinajstić information content (AvgIpc) is 2.26. The van der Waals surface area contributed by atoms with Gasteiger partial charge in [0.25, 0.3) is 0 Å². The van der Waals surface area contributed by atoms with Crippen molar-refractivity contribution in [2.45, 2.75) is 6.54 Å². The van der Waals surface area contributed by atoms with Crippen molar-refractivity contribution < 1.29 is 4.74 Å². The van der Waals surface area contributed by atoms with Crippen LogP contribution in [0.1, 0.15) is 5.56 Å². The number of guanidine groups is 1. The molecular formula is C10H15N3O. The van der Waals surface area contributed by atoms with E-state index in [1.165, 1.54) is 0 Å². The van der Waals surface area contributed by atoms with Gasteiger partial charge in [0, 0.05) is 19.2 Å². The third kappa shape index (κ3) is 2.65. The van der Waals surface area contributed by atoms with Crippen LogP contribution >= 0.6 is 0 Å². The molecule has 76 valence electrons. The largest absolute Gasteiger partial charge is 0.496 e. The molecule has 0 amide bonds. The molecule has 0 unspecified atom stereocenters. The van der Waals surface area contributed by atoms with Crippen LogP contribution in [0.4, 0.5) is 0 Å². The molecule has 0 saturated heterocycles. The summed E-state index contributed by atoms with van der Waals surface area (Å²) in [5.74, 6) is 1.28. The first kappa shape index (κ1) is 10.4. The van der Waals surface area contributed by atoms with E-state index in [-0.39, 0.29) is 0 Å². The van der Waals surface area contributed by atoms with Gasteiger partial charge in [-0.3, -0.25) is 4.99 Å². The lowest BCUT2D eigenvalue weighted by atomic mass is 10.2. The number of methoxy groups -OCH3 is 1. The smallest absolute Gasteiger partial charge is 0.188 e. The lowest BCUT2D eigenvalue weighted by Crippen LogP contribution is -2.30. The Kier molecular flexibility index (Phi) is 3.79. The fourth-order valence-electron chi connectivity index (χ4n) is 1.11. The predicted octanol–water partition coefficient (Wildman–Crippen LogP) is 0.729. The molecule has 0 aliphatic rings. The molecule has 14 heavy (non-hydrogen) atoms. The molecule has 4 nitrogen and oxygen atoms in total. The van der Waals surface area contributed by atoms with E-state index in [1.54, 1.807) is 14.2 Å². The highest BCUT2D eigenvalue weighted by Gasteiger charge is 2.00. The minimum atomic E-state index is 0.427. The summed E-state index contributed by atoms with van der Waals surface area (Å²) in [5.41, 5.74) is 6.57. The fourth-order valence-corrected chi connectivity index (χ4v) is 1.11. The van der Waals surface area contributed by atoms with Crippen molar-refractivity contribution in [1.29, 1.82) is 0 Å². The van der Waals surface area contributed by atoms with Crippen molar-refractivity contribution in [3.8, 4) is 5.75 Å². The molecule has 0 spiro atoms. The van der Waals surface area contributed by atoms with Gasteiger partial charge >= 0.3 is 0 Å². The van der Waals surface area contributed by atoms with E-state index >= 15 is 0 Å². The van der Waals surface area contributed by atoms with Crippen LogP contribution in [0.5, 0.6) is 5.75 Å². The quantitative estimate of drug-likeness (QED) is 0.549. The second-order valence-electron chi connectivity index (χ2n) is 2.77. The van der Waals surface area contributed by atoms with Gasteiger partial charge in [0.2, 0.25) is 0 Å². The molecule has 3 N–H and O–H groups in total. The molecule has 1 rings (SSSR count). The molecule has 0 radical (unpaired) electrons. The number of nitrogens with one attached hydrogen (secondary N) is 1. The Morgan fingerprint density at radius 2 is 2.21 bits per heavy atom. The Bertz CT molecular complexity index is 323. The van der Waals surface area contributed by atoms with Crippen LogP contribution in [0.15, 0.2) is 29.3 Å². The Morgan fingerprint density at radius 3 is 2.86 bits per heavy atom. The first-order chi connectivity index (χ1) is 6.77. The third-order valence-corrected chi connectivity index (χ3v) is 1.89. The highest BCUT2D eigenvalue weighted by Crippen LogP contribution is 2.16. The summed E-state index contributed by atoms with van der Waals surface area (Å²) in [4.78, 5) is 3.80. The molecule has 0 heterocycles. The summed E-state index contributed by atoms with van der Waals surface area (Å²) < 4.78 is 5.19. The molecule has 1 aromatic carbocycles. The molecule has 0 aromatic heterocycles. The minimum absolute atomic E-state index is 0.427. The number of benzene rings is 1. The van der Waals surface area contributed by atoms with E-state index in [2.05, 4.69) is 10.3 Å². The van der Waals surface area contributed by atoms with Gasteiger partial charge in [-0.1, -0.05) is 18.2 Å². The second-order valence-corrected chi connectivity index (χ2v) is 2.77. The first-order valence-electron chi connectivity index (χ1n) is 4.36. The molecule has 0 fully saturated rings. The van der Waals surface area contributed by atoms with Crippen LogP contribution in [-0.2, 0) is 6.54 Å². The zero-order valence-electron chi connectivity index (χ0n) is 8.45. The number of hydrogen-bond donors (Lipinski definition) is 2. The second kappa shape index (κ2) is 5.11. The highest BCUT2D eigenvalue weighted by atomic mass is 16.5. The van der Waals surface area contributed by atoms with E-state index in [9.17, 15) is 0 Å². The highest BCUT2D eigenvalue weighted by molar-refractivity contribution is 5.77. The standard InChI is InChI=1S/C10H15N3O/c1-12-10(11)13-7-8-5-3-4-6-9(8)14-2/h3-6H,7H2,1-2H3,(H3,11,12,13). The number of nitrogens with two attached hydrogens (primary N) is 1. The average molecular weight is 193 g/mol. The molecule has 0 atom stereocenters. The zero-order chi connectivity index (χ0) is 10.4. The summed E-state index contributed by atoms with van der Waals surface area (Å²) in [6.45, 7) is 0.618. The monoisotopic (exact) mass is 193 g/mol. The Balaban J connectivity index is 2.66. The summed E-state index contributed by atoms with van der Waals surface area (Å²) in [7, 11) is 3.29. The van der Waals surface area contributed by atoms with Crippen LogP contribution in [0.25, 0.3) is 0 Å². The van der Waals surface area contributed by atoms with Crippen LogP contribution in [0.3, 0.4) is 0 Å². The first-order valence-corrected chi connectivity index (χ1v) is 4.36. The fraction of sp³-hybridized carbons (Fsp3) is 0.300. The van der Waals surface area contributed by atoms with Crippen molar-refractivity contribution in [2.75, 3.05) is 14.2 Å². The van der Waals surface area contributed by atoms with Crippen LogP contribution in [-0.4, -0.2) is 20.1 Å². The van der Waals surface area contributed by atoms with Gasteiger partial charge in [0.1, 0.15) is 5.75 Å². The molecule has 0 bridgehead atoms. The van der Waals surface area contributed by atoms with Crippen LogP contribution in [0, 0.1) is 0 Å². The summed E-state index contributed by atoms with van der Waals surface area (Å²) in [6.07, 6.45) is 0. The normalized spacial score (nSPS) is 11.1. The predicted molar refractivity (Wildman–Crippen MR) is 57.4 cm³/mol. The number of aliphatic imine (C=N–C) groups is 1. The SMILES string of the molecule is CN=C(N)NCc1ccccc1OC. The van der Waals surface area contributed by atoms with E-state index < -0.39 is 0 Å². The summed E-state index contributed by atoms with van der Waals surface area (Å²) >= 11 is 0. The van der Waals surface area contributed by atoms with Gasteiger partial charge in [0.15, 0.2) is 5.96 Å². The van der Waals surface area contributed by atoms with E-state index in [1.807, 2.05) is 24.3 Å². The number of para-hydroxylation sites is 1. The van der Waals surface area contributed by atoms with Crippen molar-refractivity contribution in [3.63, 3.8) is 0 Å². The zero-order valence-corrected chi connectivity index (χ0v) is 8.45. The van der Waals surface area contributed by atoms with Crippen molar-refractivity contribution in [3.05, 3.63) is 29.8 Å². The van der Waals surface area contributed by atoms with Crippen molar-refractivity contribution in [1.82, 2.24) is 5.32 Å². The Hall–Kier alpha value is -1.71. The Morgan fingerprint density at radius 1 is 1.50 bits per heavy atom. The Labute approximate surface area is 83.8 Å². The lowest BCUT2D eigenvalue weighted by molar-refractivity contribution is 0.409. The van der Waals surface area contributed by atoms with Gasteiger partial charge in [-0.2, -0.15) is 0 Å². The van der Waals surface area contributed by atoms with Crippen molar-refractivity contribution >= 4 is 5.96 Å². The minimum Gasteiger partial charge on any atom is -0.496 e. The van der Waals surface area contributed by atoms with Gasteiger partial charge in [-0.25, -0.2) is 0 Å². The van der Waals surface area contributed by atoms with E-state index in [0.717, 1.165) is 11.3 Å². The number of nitrogens with zero attached hydrogens (tertiary/aromatic N) is 1. The summed E-state index contributed by atoms with van der Waals surface area (Å²) in [5, 5.41) is 2.97. The third-order valence-electron chi connectivity index (χ3n) is 1.89. The van der Waals surface area contributed by atoms with E-state index in [0.29, 0.717) is 12.5 Å². The molecule has 0 aliphatic carbocycles. The maximum atomic E-state index is 5.51. The van der Waals surface area contributed by atoms with Gasteiger partial charge in [-0.15, -0.1) is 0 Å². The van der Waals surface area contributed by atoms with Gasteiger partial charge in [0.05, 0.1) is 7.11 Å². The lowest BCUT2D eigenvalue weighted by Gasteiger charge is -2.09. The number of hydrogen-bond acceptors (Lipinski definition) is 2. The van der Waals surface area contributed by atoms with Gasteiger partial charge < -0.3 is 15.8 Å². The maximum Gasteiger partial charge on any atom is 0.188 e. The molecule has 1 aromatic rings. The molecular weight excluding hydrogens is 178 g/mol. The van der Waals surface area contributed by atoms with E-state index in [4.69, 9.17) is 10.5 Å². The molecule has 4 heteroatoms. The van der Waals surface area contributed by atoms with Crippen molar-refractivity contribution in [2.24, 2.45) is 10.7 Å². The topological polar surface area (TPSA) is 59.6 Å². The molecule has 0 aliphatic heterocycles. The summed E-state index contributed by atoms with van der Waals surface area (Å²) in [6, 6.07) is 7.78. The van der Waals surface area contributed by atoms with Crippen LogP contribution in [0.2, 0.25) is 0 Å².